The van der Waals surface area contributed by atoms with Gasteiger partial charge in [0.15, 0.2) is 0 Å². The Morgan fingerprint density at radius 1 is 1.53 bits per heavy atom. The van der Waals surface area contributed by atoms with Crippen molar-refractivity contribution in [3.05, 3.63) is 22.9 Å². The normalized spacial score (nSPS) is 22.5. The molecule has 1 aromatic heterocycles. The summed E-state index contributed by atoms with van der Waals surface area (Å²) in [5, 5.41) is 0. The lowest BCUT2D eigenvalue weighted by Gasteiger charge is -2.28. The maximum Gasteiger partial charge on any atom is 0.0667 e. The van der Waals surface area contributed by atoms with Crippen molar-refractivity contribution in [3.8, 4) is 0 Å². The Kier molecular flexibility index (Phi) is 3.59. The van der Waals surface area contributed by atoms with Crippen LogP contribution in [0.5, 0.6) is 0 Å². The molecule has 82 valence electrons. The minimum atomic E-state index is 0.420. The molecule has 4 heteroatoms. The van der Waals surface area contributed by atoms with Crippen LogP contribution in [0.15, 0.2) is 22.9 Å². The topological polar surface area (TPSA) is 25.4 Å². The van der Waals surface area contributed by atoms with Gasteiger partial charge in [0, 0.05) is 29.9 Å². The minimum Gasteiger partial charge on any atom is -0.379 e. The van der Waals surface area contributed by atoms with Crippen LogP contribution in [0.2, 0.25) is 0 Å². The summed E-state index contributed by atoms with van der Waals surface area (Å²) in [6.07, 6.45) is 4.80. The lowest BCUT2D eigenvalue weighted by Crippen LogP contribution is -2.35. The van der Waals surface area contributed by atoms with Crippen LogP contribution in [-0.2, 0) is 4.74 Å². The van der Waals surface area contributed by atoms with Gasteiger partial charge < -0.3 is 9.64 Å². The fourth-order valence-electron chi connectivity index (χ4n) is 1.84. The highest BCUT2D eigenvalue weighted by molar-refractivity contribution is 9.10. The van der Waals surface area contributed by atoms with Gasteiger partial charge in [-0.3, -0.25) is 4.98 Å². The summed E-state index contributed by atoms with van der Waals surface area (Å²) in [5.41, 5.74) is 1.17. The fourth-order valence-corrected chi connectivity index (χ4v) is 2.20. The summed E-state index contributed by atoms with van der Waals surface area (Å²) in [6, 6.07) is 2.53. The van der Waals surface area contributed by atoms with Gasteiger partial charge in [0.05, 0.1) is 18.5 Å². The Balaban J connectivity index is 2.20. The van der Waals surface area contributed by atoms with Gasteiger partial charge in [-0.15, -0.1) is 0 Å². The second kappa shape index (κ2) is 4.94. The molecular weight excluding hydrogens is 256 g/mol. The van der Waals surface area contributed by atoms with E-state index in [1.54, 1.807) is 0 Å². The minimum absolute atomic E-state index is 0.420. The van der Waals surface area contributed by atoms with Crippen LogP contribution in [0.3, 0.4) is 0 Å². The van der Waals surface area contributed by atoms with Gasteiger partial charge in [0.25, 0.3) is 0 Å². The summed E-state index contributed by atoms with van der Waals surface area (Å²) in [4.78, 5) is 6.55. The number of rotatable bonds is 1. The Bertz CT molecular complexity index is 332. The van der Waals surface area contributed by atoms with Crippen LogP contribution < -0.4 is 4.90 Å². The van der Waals surface area contributed by atoms with E-state index in [2.05, 4.69) is 38.8 Å². The van der Waals surface area contributed by atoms with E-state index in [0.717, 1.165) is 30.7 Å². The summed E-state index contributed by atoms with van der Waals surface area (Å²) in [5.74, 6) is 0. The molecule has 1 aliphatic rings. The van der Waals surface area contributed by atoms with E-state index in [9.17, 15) is 0 Å². The molecule has 1 atom stereocenters. The molecule has 0 bridgehead atoms. The molecule has 1 aromatic rings. The smallest absolute Gasteiger partial charge is 0.0667 e. The molecule has 2 heterocycles. The van der Waals surface area contributed by atoms with Crippen LogP contribution >= 0.6 is 15.9 Å². The predicted molar refractivity (Wildman–Crippen MR) is 64.2 cm³/mol. The largest absolute Gasteiger partial charge is 0.379 e. The third kappa shape index (κ3) is 2.69. The molecule has 1 saturated heterocycles. The number of hydrogen-bond acceptors (Lipinski definition) is 3. The molecule has 3 nitrogen and oxygen atoms in total. The van der Waals surface area contributed by atoms with E-state index in [-0.39, 0.29) is 0 Å². The van der Waals surface area contributed by atoms with E-state index in [0.29, 0.717) is 6.04 Å². The molecule has 0 saturated carbocycles. The molecule has 0 radical (unpaired) electrons. The van der Waals surface area contributed by atoms with Crippen molar-refractivity contribution in [2.75, 3.05) is 24.7 Å². The van der Waals surface area contributed by atoms with Crippen molar-refractivity contribution in [3.63, 3.8) is 0 Å². The zero-order valence-electron chi connectivity index (χ0n) is 8.82. The number of anilines is 1. The van der Waals surface area contributed by atoms with Gasteiger partial charge in [-0.05, 0) is 35.3 Å². The van der Waals surface area contributed by atoms with Crippen LogP contribution in [0, 0.1) is 0 Å². The maximum absolute atomic E-state index is 5.51. The molecule has 1 fully saturated rings. The highest BCUT2D eigenvalue weighted by Gasteiger charge is 2.17. The monoisotopic (exact) mass is 270 g/mol. The number of nitrogens with zero attached hydrogens (tertiary/aromatic N) is 2. The van der Waals surface area contributed by atoms with E-state index in [1.165, 1.54) is 5.69 Å². The number of halogens is 1. The Hall–Kier alpha value is -0.610. The first-order valence-electron chi connectivity index (χ1n) is 5.22. The number of ether oxygens (including phenoxy) is 1. The maximum atomic E-state index is 5.51. The van der Waals surface area contributed by atoms with Crippen molar-refractivity contribution < 1.29 is 4.74 Å². The van der Waals surface area contributed by atoms with Gasteiger partial charge in [0.1, 0.15) is 0 Å². The highest BCUT2D eigenvalue weighted by Crippen LogP contribution is 2.21. The molecule has 1 aliphatic heterocycles. The van der Waals surface area contributed by atoms with Gasteiger partial charge in [-0.25, -0.2) is 0 Å². The summed E-state index contributed by atoms with van der Waals surface area (Å²) in [6.45, 7) is 4.89. The van der Waals surface area contributed by atoms with E-state index in [1.807, 2.05) is 12.4 Å². The lowest BCUT2D eigenvalue weighted by molar-refractivity contribution is 0.137. The molecule has 0 spiro atoms. The van der Waals surface area contributed by atoms with Crippen molar-refractivity contribution >= 4 is 21.6 Å². The second-order valence-electron chi connectivity index (χ2n) is 3.83. The molecule has 1 unspecified atom stereocenters. The zero-order valence-corrected chi connectivity index (χ0v) is 10.4. The van der Waals surface area contributed by atoms with Crippen molar-refractivity contribution in [2.45, 2.75) is 19.4 Å². The third-order valence-corrected chi connectivity index (χ3v) is 3.03. The first kappa shape index (κ1) is 10.9. The molecule has 0 N–H and O–H groups in total. The van der Waals surface area contributed by atoms with Crippen LogP contribution in [0.4, 0.5) is 5.69 Å². The van der Waals surface area contributed by atoms with Crippen LogP contribution in [0.25, 0.3) is 0 Å². The number of hydrogen-bond donors (Lipinski definition) is 0. The standard InChI is InChI=1S/C11H15BrN2O/c1-9-8-15-4-2-3-14(9)11-5-10(12)6-13-7-11/h5-7,9H,2-4,8H2,1H3. The van der Waals surface area contributed by atoms with Gasteiger partial charge in [-0.2, -0.15) is 0 Å². The Labute approximate surface area is 98.6 Å². The van der Waals surface area contributed by atoms with E-state index >= 15 is 0 Å². The fraction of sp³-hybridized carbons (Fsp3) is 0.545. The molecule has 15 heavy (non-hydrogen) atoms. The number of pyridine rings is 1. The predicted octanol–water partition coefficient (Wildman–Crippen LogP) is 2.46. The number of aromatic nitrogens is 1. The van der Waals surface area contributed by atoms with Crippen molar-refractivity contribution in [2.24, 2.45) is 0 Å². The highest BCUT2D eigenvalue weighted by atomic mass is 79.9. The molecule has 0 amide bonds. The third-order valence-electron chi connectivity index (χ3n) is 2.60. The Morgan fingerprint density at radius 3 is 3.20 bits per heavy atom. The first-order valence-corrected chi connectivity index (χ1v) is 6.01. The molecular formula is C11H15BrN2O. The second-order valence-corrected chi connectivity index (χ2v) is 4.75. The van der Waals surface area contributed by atoms with Crippen LogP contribution in [0.1, 0.15) is 13.3 Å². The lowest BCUT2D eigenvalue weighted by atomic mass is 10.2. The van der Waals surface area contributed by atoms with Crippen molar-refractivity contribution in [1.82, 2.24) is 4.98 Å². The average molecular weight is 271 g/mol. The van der Waals surface area contributed by atoms with Gasteiger partial charge in [-0.1, -0.05) is 0 Å². The SMILES string of the molecule is CC1COCCCN1c1cncc(Br)c1. The molecule has 2 rings (SSSR count). The Morgan fingerprint density at radius 2 is 2.40 bits per heavy atom. The summed E-state index contributed by atoms with van der Waals surface area (Å²) < 4.78 is 6.54. The molecule has 0 aliphatic carbocycles. The van der Waals surface area contributed by atoms with Gasteiger partial charge >= 0.3 is 0 Å². The quantitative estimate of drug-likeness (QED) is 0.784. The summed E-state index contributed by atoms with van der Waals surface area (Å²) >= 11 is 3.45. The van der Waals surface area contributed by atoms with E-state index in [4.69, 9.17) is 4.74 Å². The first-order chi connectivity index (χ1) is 7.27. The summed E-state index contributed by atoms with van der Waals surface area (Å²) in [7, 11) is 0. The molecule has 0 aromatic carbocycles. The van der Waals surface area contributed by atoms with Crippen LogP contribution in [-0.4, -0.2) is 30.8 Å². The van der Waals surface area contributed by atoms with Crippen molar-refractivity contribution in [1.29, 1.82) is 0 Å². The average Bonchev–Trinajstić information content (AvgIpc) is 2.43. The van der Waals surface area contributed by atoms with E-state index < -0.39 is 0 Å². The van der Waals surface area contributed by atoms with Gasteiger partial charge in [0.2, 0.25) is 0 Å². The zero-order chi connectivity index (χ0) is 10.7.